The summed E-state index contributed by atoms with van der Waals surface area (Å²) in [5.41, 5.74) is 6.89. The molecular formula is C12H12ClFN2S. The van der Waals surface area contributed by atoms with E-state index >= 15 is 0 Å². The van der Waals surface area contributed by atoms with Gasteiger partial charge in [0.2, 0.25) is 0 Å². The summed E-state index contributed by atoms with van der Waals surface area (Å²) in [6.45, 7) is 0. The van der Waals surface area contributed by atoms with E-state index in [1.54, 1.807) is 23.6 Å². The van der Waals surface area contributed by atoms with Gasteiger partial charge in [-0.15, -0.1) is 11.3 Å². The van der Waals surface area contributed by atoms with Crippen molar-refractivity contribution in [3.63, 3.8) is 0 Å². The number of halogens is 2. The molecule has 0 spiro atoms. The lowest BCUT2D eigenvalue weighted by atomic mass is 10.0. The monoisotopic (exact) mass is 270 g/mol. The van der Waals surface area contributed by atoms with Crippen molar-refractivity contribution < 1.29 is 4.39 Å². The maximum Gasteiger partial charge on any atom is 0.124 e. The Balaban J connectivity index is 2.00. The molecule has 2 rings (SSSR count). The van der Waals surface area contributed by atoms with Crippen LogP contribution in [0.3, 0.4) is 0 Å². The summed E-state index contributed by atoms with van der Waals surface area (Å²) in [6.07, 6.45) is 3.10. The third-order valence-corrected chi connectivity index (χ3v) is 3.57. The van der Waals surface area contributed by atoms with Crippen LogP contribution in [-0.2, 0) is 12.8 Å². The van der Waals surface area contributed by atoms with Crippen LogP contribution in [0.1, 0.15) is 10.6 Å². The second-order valence-electron chi connectivity index (χ2n) is 3.83. The van der Waals surface area contributed by atoms with Gasteiger partial charge in [-0.05, 0) is 24.1 Å². The van der Waals surface area contributed by atoms with Crippen molar-refractivity contribution in [2.45, 2.75) is 18.9 Å². The van der Waals surface area contributed by atoms with Crippen molar-refractivity contribution in [1.29, 1.82) is 0 Å². The van der Waals surface area contributed by atoms with Crippen LogP contribution in [0.25, 0.3) is 0 Å². The van der Waals surface area contributed by atoms with E-state index in [2.05, 4.69) is 4.98 Å². The van der Waals surface area contributed by atoms with Crippen molar-refractivity contribution in [3.8, 4) is 0 Å². The minimum Gasteiger partial charge on any atom is -0.327 e. The Hall–Kier alpha value is -0.970. The fourth-order valence-corrected chi connectivity index (χ4v) is 2.58. The molecule has 2 N–H and O–H groups in total. The first-order valence-electron chi connectivity index (χ1n) is 5.23. The van der Waals surface area contributed by atoms with Crippen LogP contribution >= 0.6 is 22.9 Å². The molecular weight excluding hydrogens is 259 g/mol. The third kappa shape index (κ3) is 3.49. The first-order valence-corrected chi connectivity index (χ1v) is 6.49. The topological polar surface area (TPSA) is 38.9 Å². The Morgan fingerprint density at radius 2 is 2.24 bits per heavy atom. The Morgan fingerprint density at radius 3 is 2.88 bits per heavy atom. The second kappa shape index (κ2) is 5.58. The lowest BCUT2D eigenvalue weighted by Gasteiger charge is -2.11. The van der Waals surface area contributed by atoms with Crippen LogP contribution in [0.15, 0.2) is 29.8 Å². The molecule has 90 valence electrons. The van der Waals surface area contributed by atoms with Crippen LogP contribution in [0.2, 0.25) is 5.02 Å². The summed E-state index contributed by atoms with van der Waals surface area (Å²) in [6, 6.07) is 4.34. The zero-order valence-electron chi connectivity index (χ0n) is 9.07. The fraction of sp³-hybridized carbons (Fsp3) is 0.250. The minimum atomic E-state index is -0.327. The highest BCUT2D eigenvalue weighted by Crippen LogP contribution is 2.19. The minimum absolute atomic E-state index is 0.0517. The van der Waals surface area contributed by atoms with E-state index < -0.39 is 0 Å². The van der Waals surface area contributed by atoms with Gasteiger partial charge in [-0.3, -0.25) is 0 Å². The molecule has 0 radical (unpaired) electrons. The SMILES string of the molecule is NC(Cc1nccs1)Cc1ccc(F)cc1Cl. The van der Waals surface area contributed by atoms with Gasteiger partial charge in [0.05, 0.1) is 5.01 Å². The summed E-state index contributed by atoms with van der Waals surface area (Å²) < 4.78 is 12.9. The van der Waals surface area contributed by atoms with Gasteiger partial charge in [-0.2, -0.15) is 0 Å². The molecule has 1 aromatic heterocycles. The number of thiazole rings is 1. The highest BCUT2D eigenvalue weighted by Gasteiger charge is 2.10. The molecule has 5 heteroatoms. The lowest BCUT2D eigenvalue weighted by molar-refractivity contribution is 0.623. The summed E-state index contributed by atoms with van der Waals surface area (Å²) >= 11 is 7.53. The predicted molar refractivity (Wildman–Crippen MR) is 68.9 cm³/mol. The lowest BCUT2D eigenvalue weighted by Crippen LogP contribution is -2.25. The summed E-state index contributed by atoms with van der Waals surface area (Å²) in [5, 5.41) is 3.36. The number of rotatable bonds is 4. The summed E-state index contributed by atoms with van der Waals surface area (Å²) in [5.74, 6) is -0.327. The Morgan fingerprint density at radius 1 is 1.41 bits per heavy atom. The molecule has 1 unspecified atom stereocenters. The largest absolute Gasteiger partial charge is 0.327 e. The van der Waals surface area contributed by atoms with E-state index in [1.807, 2.05) is 5.38 Å². The maximum atomic E-state index is 12.9. The van der Waals surface area contributed by atoms with Gasteiger partial charge in [0.1, 0.15) is 5.82 Å². The molecule has 17 heavy (non-hydrogen) atoms. The van der Waals surface area contributed by atoms with Gasteiger partial charge in [0.15, 0.2) is 0 Å². The zero-order chi connectivity index (χ0) is 12.3. The molecule has 0 aliphatic carbocycles. The number of nitrogens with two attached hydrogens (primary N) is 1. The van der Waals surface area contributed by atoms with Crippen molar-refractivity contribution in [1.82, 2.24) is 4.98 Å². The smallest absolute Gasteiger partial charge is 0.124 e. The molecule has 0 saturated carbocycles. The summed E-state index contributed by atoms with van der Waals surface area (Å²) in [7, 11) is 0. The maximum absolute atomic E-state index is 12.9. The van der Waals surface area contributed by atoms with Crippen molar-refractivity contribution in [2.24, 2.45) is 5.73 Å². The highest BCUT2D eigenvalue weighted by atomic mass is 35.5. The van der Waals surface area contributed by atoms with Crippen molar-refractivity contribution in [3.05, 3.63) is 51.2 Å². The van der Waals surface area contributed by atoms with Crippen molar-refractivity contribution >= 4 is 22.9 Å². The molecule has 2 nitrogen and oxygen atoms in total. The Bertz CT molecular complexity index is 487. The molecule has 1 aromatic carbocycles. The summed E-state index contributed by atoms with van der Waals surface area (Å²) in [4.78, 5) is 4.18. The van der Waals surface area contributed by atoms with Gasteiger partial charge in [-0.1, -0.05) is 17.7 Å². The number of benzene rings is 1. The van der Waals surface area contributed by atoms with E-state index in [0.29, 0.717) is 17.9 Å². The van der Waals surface area contributed by atoms with Gasteiger partial charge in [0.25, 0.3) is 0 Å². The molecule has 0 aliphatic rings. The van der Waals surface area contributed by atoms with Crippen LogP contribution in [0.5, 0.6) is 0 Å². The average Bonchev–Trinajstić information content (AvgIpc) is 2.75. The fourth-order valence-electron chi connectivity index (χ4n) is 1.62. The average molecular weight is 271 g/mol. The Labute approximate surface area is 108 Å². The third-order valence-electron chi connectivity index (χ3n) is 2.42. The number of nitrogens with zero attached hydrogens (tertiary/aromatic N) is 1. The van der Waals surface area contributed by atoms with E-state index in [4.69, 9.17) is 17.3 Å². The van der Waals surface area contributed by atoms with Crippen molar-refractivity contribution in [2.75, 3.05) is 0 Å². The van der Waals surface area contributed by atoms with E-state index in [1.165, 1.54) is 12.1 Å². The first-order chi connectivity index (χ1) is 8.15. The molecule has 0 saturated heterocycles. The van der Waals surface area contributed by atoms with Gasteiger partial charge in [0, 0.05) is 29.1 Å². The van der Waals surface area contributed by atoms with Crippen LogP contribution in [0.4, 0.5) is 4.39 Å². The molecule has 0 aliphatic heterocycles. The Kier molecular flexibility index (Phi) is 4.10. The normalized spacial score (nSPS) is 12.6. The second-order valence-corrected chi connectivity index (χ2v) is 5.22. The standard InChI is InChI=1S/C12H12ClFN2S/c13-11-6-9(14)2-1-8(11)5-10(15)7-12-16-3-4-17-12/h1-4,6,10H,5,7,15H2. The molecule has 1 heterocycles. The number of hydrogen-bond acceptors (Lipinski definition) is 3. The van der Waals surface area contributed by atoms with E-state index in [9.17, 15) is 4.39 Å². The van der Waals surface area contributed by atoms with Crippen LogP contribution in [-0.4, -0.2) is 11.0 Å². The molecule has 0 fully saturated rings. The highest BCUT2D eigenvalue weighted by molar-refractivity contribution is 7.09. The molecule has 2 aromatic rings. The van der Waals surface area contributed by atoms with Crippen LogP contribution < -0.4 is 5.73 Å². The molecule has 0 bridgehead atoms. The van der Waals surface area contributed by atoms with E-state index in [-0.39, 0.29) is 11.9 Å². The zero-order valence-corrected chi connectivity index (χ0v) is 10.6. The van der Waals surface area contributed by atoms with E-state index in [0.717, 1.165) is 10.6 Å². The quantitative estimate of drug-likeness (QED) is 0.927. The molecule has 0 amide bonds. The molecule has 1 atom stereocenters. The van der Waals surface area contributed by atoms with Crippen LogP contribution in [0, 0.1) is 5.82 Å². The predicted octanol–water partition coefficient (Wildman–Crippen LogP) is 3.05. The number of hydrogen-bond donors (Lipinski definition) is 1. The number of aromatic nitrogens is 1. The van der Waals surface area contributed by atoms with Gasteiger partial charge >= 0.3 is 0 Å². The van der Waals surface area contributed by atoms with Gasteiger partial charge < -0.3 is 5.73 Å². The first kappa shape index (κ1) is 12.5. The van der Waals surface area contributed by atoms with Gasteiger partial charge in [-0.25, -0.2) is 9.37 Å².